The molecule has 1 unspecified atom stereocenters. The summed E-state index contributed by atoms with van der Waals surface area (Å²) < 4.78 is 6.34. The van der Waals surface area contributed by atoms with Crippen molar-refractivity contribution >= 4 is 40.2 Å². The molecule has 0 saturated carbocycles. The number of pyridine rings is 1. The Morgan fingerprint density at radius 2 is 2.06 bits per heavy atom. The summed E-state index contributed by atoms with van der Waals surface area (Å²) in [6.45, 7) is 7.13. The van der Waals surface area contributed by atoms with Gasteiger partial charge in [0.05, 0.1) is 12.9 Å². The Labute approximate surface area is 203 Å². The van der Waals surface area contributed by atoms with Gasteiger partial charge in [0.1, 0.15) is 17.4 Å². The molecule has 7 nitrogen and oxygen atoms in total. The number of nitrogens with one attached hydrogen (secondary N) is 1. The standard InChI is InChI=1S/C24H29Cl2N5O2/c1-15(19-5-4-18(25)9-20(19)26)33-21-10-22(29-24-23(21)27-14-28-24)31-12-17(13-31)16-3-2-6-30(11-16)7-8-32/h4-5,9-10,14-17,32H,2-3,6-8,11-13H2,1H3,(H,27,28,29)/t15-,16?/m1/s1. The maximum absolute atomic E-state index is 9.27. The minimum absolute atomic E-state index is 0.236. The van der Waals surface area contributed by atoms with Gasteiger partial charge in [-0.2, -0.15) is 0 Å². The van der Waals surface area contributed by atoms with Crippen LogP contribution in [-0.4, -0.2) is 64.3 Å². The van der Waals surface area contributed by atoms with Gasteiger partial charge in [0.15, 0.2) is 11.4 Å². The van der Waals surface area contributed by atoms with Crippen molar-refractivity contribution in [2.45, 2.75) is 25.9 Å². The zero-order valence-corrected chi connectivity index (χ0v) is 20.2. The maximum atomic E-state index is 9.27. The summed E-state index contributed by atoms with van der Waals surface area (Å²) in [6.07, 6.45) is 3.85. The van der Waals surface area contributed by atoms with Gasteiger partial charge in [0, 0.05) is 47.9 Å². The number of hydrogen-bond donors (Lipinski definition) is 2. The summed E-state index contributed by atoms with van der Waals surface area (Å²) in [7, 11) is 0. The highest BCUT2D eigenvalue weighted by atomic mass is 35.5. The molecule has 2 aliphatic rings. The van der Waals surface area contributed by atoms with E-state index < -0.39 is 0 Å². The number of halogens is 2. The largest absolute Gasteiger partial charge is 0.484 e. The number of H-pyrrole nitrogens is 1. The van der Waals surface area contributed by atoms with E-state index >= 15 is 0 Å². The third-order valence-corrected chi connectivity index (χ3v) is 7.47. The number of β-amino-alcohol motifs (C(OH)–C–C–N with tert-alkyl or cyclic N) is 1. The molecule has 176 valence electrons. The smallest absolute Gasteiger partial charge is 0.183 e. The van der Waals surface area contributed by atoms with E-state index in [1.165, 1.54) is 12.8 Å². The number of fused-ring (bicyclic) bond motifs is 1. The number of aromatic nitrogens is 3. The summed E-state index contributed by atoms with van der Waals surface area (Å²) in [6, 6.07) is 7.44. The van der Waals surface area contributed by atoms with E-state index in [-0.39, 0.29) is 12.7 Å². The molecule has 33 heavy (non-hydrogen) atoms. The van der Waals surface area contributed by atoms with Gasteiger partial charge in [0.2, 0.25) is 0 Å². The minimum Gasteiger partial charge on any atom is -0.484 e. The van der Waals surface area contributed by atoms with E-state index in [4.69, 9.17) is 32.9 Å². The lowest BCUT2D eigenvalue weighted by atomic mass is 9.80. The predicted octanol–water partition coefficient (Wildman–Crippen LogP) is 4.55. The predicted molar refractivity (Wildman–Crippen MR) is 131 cm³/mol. The monoisotopic (exact) mass is 489 g/mol. The second-order valence-electron chi connectivity index (χ2n) is 9.10. The first-order valence-electron chi connectivity index (χ1n) is 11.6. The van der Waals surface area contributed by atoms with E-state index in [2.05, 4.69) is 19.8 Å². The van der Waals surface area contributed by atoms with Crippen LogP contribution in [0.2, 0.25) is 10.0 Å². The second kappa shape index (κ2) is 9.66. The number of imidazole rings is 1. The fourth-order valence-electron chi connectivity index (χ4n) is 5.04. The van der Waals surface area contributed by atoms with Gasteiger partial charge in [0.25, 0.3) is 0 Å². The number of hydrogen-bond acceptors (Lipinski definition) is 6. The molecule has 0 bridgehead atoms. The highest BCUT2D eigenvalue weighted by molar-refractivity contribution is 6.35. The highest BCUT2D eigenvalue weighted by Crippen LogP contribution is 2.37. The van der Waals surface area contributed by atoms with E-state index in [0.29, 0.717) is 33.3 Å². The van der Waals surface area contributed by atoms with Crippen LogP contribution in [0.4, 0.5) is 5.82 Å². The average molecular weight is 490 g/mol. The van der Waals surface area contributed by atoms with Crippen molar-refractivity contribution in [3.8, 4) is 5.75 Å². The molecular formula is C24H29Cl2N5O2. The van der Waals surface area contributed by atoms with E-state index in [1.807, 2.05) is 25.1 Å². The molecule has 0 amide bonds. The number of rotatable bonds is 7. The molecule has 1 aromatic carbocycles. The molecule has 0 aliphatic carbocycles. The lowest BCUT2D eigenvalue weighted by Gasteiger charge is -2.47. The third kappa shape index (κ3) is 4.78. The van der Waals surface area contributed by atoms with Crippen molar-refractivity contribution in [2.75, 3.05) is 44.2 Å². The normalized spacial score (nSPS) is 20.7. The summed E-state index contributed by atoms with van der Waals surface area (Å²) in [4.78, 5) is 17.0. The maximum Gasteiger partial charge on any atom is 0.183 e. The van der Waals surface area contributed by atoms with Crippen molar-refractivity contribution in [1.29, 1.82) is 0 Å². The van der Waals surface area contributed by atoms with Crippen LogP contribution in [0.1, 0.15) is 31.4 Å². The molecule has 3 aromatic rings. The van der Waals surface area contributed by atoms with Crippen molar-refractivity contribution in [2.24, 2.45) is 11.8 Å². The van der Waals surface area contributed by atoms with E-state index in [9.17, 15) is 5.11 Å². The number of benzene rings is 1. The first-order chi connectivity index (χ1) is 16.0. The SMILES string of the molecule is C[C@@H](Oc1cc(N2CC(C3CCCN(CCO)C3)C2)nc2nc[nH]c12)c1ccc(Cl)cc1Cl. The van der Waals surface area contributed by atoms with Crippen molar-refractivity contribution in [3.63, 3.8) is 0 Å². The van der Waals surface area contributed by atoms with Crippen LogP contribution < -0.4 is 9.64 Å². The first-order valence-corrected chi connectivity index (χ1v) is 12.3. The van der Waals surface area contributed by atoms with Crippen molar-refractivity contribution in [1.82, 2.24) is 19.9 Å². The number of ether oxygens (including phenoxy) is 1. The molecule has 2 aromatic heterocycles. The zero-order chi connectivity index (χ0) is 22.9. The highest BCUT2D eigenvalue weighted by Gasteiger charge is 2.36. The number of likely N-dealkylation sites (tertiary alicyclic amines) is 1. The van der Waals surface area contributed by atoms with Crippen molar-refractivity contribution < 1.29 is 9.84 Å². The molecular weight excluding hydrogens is 461 g/mol. The van der Waals surface area contributed by atoms with E-state index in [0.717, 1.165) is 49.6 Å². The Morgan fingerprint density at radius 1 is 1.21 bits per heavy atom. The number of aliphatic hydroxyl groups excluding tert-OH is 1. The van der Waals surface area contributed by atoms with Crippen LogP contribution >= 0.6 is 23.2 Å². The van der Waals surface area contributed by atoms with Gasteiger partial charge in [-0.25, -0.2) is 9.97 Å². The number of anilines is 1. The summed E-state index contributed by atoms with van der Waals surface area (Å²) >= 11 is 12.4. The van der Waals surface area contributed by atoms with Crippen molar-refractivity contribution in [3.05, 3.63) is 46.2 Å². The molecule has 0 radical (unpaired) electrons. The third-order valence-electron chi connectivity index (χ3n) is 6.91. The Bertz CT molecular complexity index is 1120. The molecule has 4 heterocycles. The first kappa shape index (κ1) is 22.7. The number of aromatic amines is 1. The van der Waals surface area contributed by atoms with Gasteiger partial charge in [-0.05, 0) is 50.3 Å². The topological polar surface area (TPSA) is 77.5 Å². The lowest BCUT2D eigenvalue weighted by molar-refractivity contribution is 0.101. The van der Waals surface area contributed by atoms with Crippen LogP contribution in [-0.2, 0) is 0 Å². The lowest BCUT2D eigenvalue weighted by Crippen LogP contribution is -2.54. The molecule has 2 fully saturated rings. The van der Waals surface area contributed by atoms with Crippen LogP contribution in [0.3, 0.4) is 0 Å². The van der Waals surface area contributed by atoms with Crippen LogP contribution in [0.15, 0.2) is 30.6 Å². The summed E-state index contributed by atoms with van der Waals surface area (Å²) in [5.74, 6) is 2.93. The molecule has 2 aliphatic heterocycles. The van der Waals surface area contributed by atoms with E-state index in [1.54, 1.807) is 12.4 Å². The minimum atomic E-state index is -0.264. The fraction of sp³-hybridized carbons (Fsp3) is 0.500. The van der Waals surface area contributed by atoms with Crippen LogP contribution in [0.5, 0.6) is 5.75 Å². The quantitative estimate of drug-likeness (QED) is 0.506. The van der Waals surface area contributed by atoms with Crippen LogP contribution in [0.25, 0.3) is 11.2 Å². The molecule has 2 atom stereocenters. The Kier molecular flexibility index (Phi) is 6.65. The Balaban J connectivity index is 1.30. The number of nitrogens with zero attached hydrogens (tertiary/aromatic N) is 4. The molecule has 9 heteroatoms. The van der Waals surface area contributed by atoms with Gasteiger partial charge in [-0.3, -0.25) is 0 Å². The molecule has 2 saturated heterocycles. The zero-order valence-electron chi connectivity index (χ0n) is 18.7. The number of piperidine rings is 1. The van der Waals surface area contributed by atoms with Gasteiger partial charge in [-0.15, -0.1) is 0 Å². The van der Waals surface area contributed by atoms with Gasteiger partial charge < -0.3 is 24.6 Å². The average Bonchev–Trinajstić information content (AvgIpc) is 3.22. The summed E-state index contributed by atoms with van der Waals surface area (Å²) in [5, 5.41) is 10.5. The fourth-order valence-corrected chi connectivity index (χ4v) is 5.60. The molecule has 2 N–H and O–H groups in total. The van der Waals surface area contributed by atoms with Gasteiger partial charge in [-0.1, -0.05) is 29.3 Å². The Morgan fingerprint density at radius 3 is 2.85 bits per heavy atom. The summed E-state index contributed by atoms with van der Waals surface area (Å²) in [5.41, 5.74) is 2.30. The number of aliphatic hydroxyl groups is 1. The Hall–Kier alpha value is -2.06. The van der Waals surface area contributed by atoms with Gasteiger partial charge >= 0.3 is 0 Å². The molecule has 5 rings (SSSR count). The second-order valence-corrected chi connectivity index (χ2v) is 9.94. The molecule has 0 spiro atoms. The van der Waals surface area contributed by atoms with Crippen LogP contribution in [0, 0.1) is 11.8 Å².